The molecule has 0 amide bonds. The number of hydrogen-bond donors (Lipinski definition) is 0. The molecule has 2 aliphatic rings. The van der Waals surface area contributed by atoms with Gasteiger partial charge in [-0.3, -0.25) is 0 Å². The number of ether oxygens (including phenoxy) is 1. The Morgan fingerprint density at radius 1 is 1.00 bits per heavy atom. The molecule has 0 aliphatic carbocycles. The van der Waals surface area contributed by atoms with Crippen LogP contribution in [0, 0.1) is 0 Å². The highest BCUT2D eigenvalue weighted by atomic mass is 79.9. The summed E-state index contributed by atoms with van der Waals surface area (Å²) in [5.41, 5.74) is 5.71. The van der Waals surface area contributed by atoms with Gasteiger partial charge in [0.2, 0.25) is 6.23 Å². The van der Waals surface area contributed by atoms with Gasteiger partial charge in [0.1, 0.15) is 5.75 Å². The lowest BCUT2D eigenvalue weighted by Crippen LogP contribution is -2.33. The Morgan fingerprint density at radius 2 is 1.76 bits per heavy atom. The predicted octanol–water partition coefficient (Wildman–Crippen LogP) is 5.76. The SMILES string of the molecule is CN(C)c1ccc([C@@H]2Oc3ccc(Br)cc3[C@H]3CC(c4ccccc4)=NN32)cc1. The number of benzene rings is 3. The Hall–Kier alpha value is -2.79. The second-order valence-corrected chi connectivity index (χ2v) is 8.57. The summed E-state index contributed by atoms with van der Waals surface area (Å²) in [5.74, 6) is 0.931. The summed E-state index contributed by atoms with van der Waals surface area (Å²) < 4.78 is 7.51. The van der Waals surface area contributed by atoms with Gasteiger partial charge in [0.25, 0.3) is 0 Å². The highest BCUT2D eigenvalue weighted by molar-refractivity contribution is 9.10. The number of halogens is 1. The maximum atomic E-state index is 6.46. The van der Waals surface area contributed by atoms with Crippen molar-refractivity contribution in [3.05, 3.63) is 94.0 Å². The average Bonchev–Trinajstić information content (AvgIpc) is 3.20. The molecule has 146 valence electrons. The van der Waals surface area contributed by atoms with E-state index in [2.05, 4.69) is 86.5 Å². The minimum absolute atomic E-state index is 0.157. The van der Waals surface area contributed by atoms with E-state index in [1.165, 1.54) is 16.8 Å². The predicted molar refractivity (Wildman–Crippen MR) is 120 cm³/mol. The van der Waals surface area contributed by atoms with Crippen LogP contribution in [0.2, 0.25) is 0 Å². The van der Waals surface area contributed by atoms with Crippen molar-refractivity contribution < 1.29 is 4.74 Å². The van der Waals surface area contributed by atoms with Crippen molar-refractivity contribution in [3.63, 3.8) is 0 Å². The van der Waals surface area contributed by atoms with Gasteiger partial charge in [0.15, 0.2) is 0 Å². The third-order valence-corrected chi connectivity index (χ3v) is 6.05. The topological polar surface area (TPSA) is 28.1 Å². The Morgan fingerprint density at radius 3 is 2.48 bits per heavy atom. The minimum Gasteiger partial charge on any atom is -0.464 e. The molecule has 5 rings (SSSR count). The van der Waals surface area contributed by atoms with Crippen LogP contribution in [0.5, 0.6) is 5.75 Å². The fraction of sp³-hybridized carbons (Fsp3) is 0.208. The van der Waals surface area contributed by atoms with Crippen molar-refractivity contribution in [1.82, 2.24) is 5.01 Å². The van der Waals surface area contributed by atoms with Crippen LogP contribution in [0.15, 0.2) is 82.4 Å². The van der Waals surface area contributed by atoms with Gasteiger partial charge >= 0.3 is 0 Å². The third kappa shape index (κ3) is 3.29. The van der Waals surface area contributed by atoms with Crippen LogP contribution in [0.25, 0.3) is 0 Å². The van der Waals surface area contributed by atoms with Crippen LogP contribution in [0.1, 0.15) is 35.4 Å². The van der Waals surface area contributed by atoms with Gasteiger partial charge in [-0.1, -0.05) is 58.4 Å². The summed E-state index contributed by atoms with van der Waals surface area (Å²) in [6.45, 7) is 0. The molecule has 0 fully saturated rings. The highest BCUT2D eigenvalue weighted by Crippen LogP contribution is 2.48. The Bertz CT molecular complexity index is 1060. The molecule has 0 saturated carbocycles. The van der Waals surface area contributed by atoms with Gasteiger partial charge in [-0.25, -0.2) is 5.01 Å². The van der Waals surface area contributed by atoms with Crippen molar-refractivity contribution in [1.29, 1.82) is 0 Å². The van der Waals surface area contributed by atoms with Gasteiger partial charge in [0, 0.05) is 41.8 Å². The van der Waals surface area contributed by atoms with Crippen LogP contribution in [-0.2, 0) is 0 Å². The monoisotopic (exact) mass is 447 g/mol. The highest BCUT2D eigenvalue weighted by Gasteiger charge is 2.41. The van der Waals surface area contributed by atoms with Crippen LogP contribution in [0.3, 0.4) is 0 Å². The van der Waals surface area contributed by atoms with Crippen molar-refractivity contribution in [2.45, 2.75) is 18.7 Å². The number of hydrazone groups is 1. The lowest BCUT2D eigenvalue weighted by molar-refractivity contribution is -0.0190. The normalized spacial score (nSPS) is 19.8. The van der Waals surface area contributed by atoms with Crippen LogP contribution >= 0.6 is 15.9 Å². The lowest BCUT2D eigenvalue weighted by Gasteiger charge is -2.38. The van der Waals surface area contributed by atoms with Gasteiger partial charge < -0.3 is 9.64 Å². The third-order valence-electron chi connectivity index (χ3n) is 5.55. The Labute approximate surface area is 179 Å². The molecule has 0 unspecified atom stereocenters. The Kier molecular flexibility index (Phi) is 4.55. The second kappa shape index (κ2) is 7.23. The van der Waals surface area contributed by atoms with Crippen molar-refractivity contribution >= 4 is 27.3 Å². The van der Waals surface area contributed by atoms with Crippen LogP contribution in [0.4, 0.5) is 5.69 Å². The lowest BCUT2D eigenvalue weighted by atomic mass is 9.96. The van der Waals surface area contributed by atoms with E-state index in [1.807, 2.05) is 26.2 Å². The number of rotatable bonds is 3. The molecule has 3 aromatic carbocycles. The quantitative estimate of drug-likeness (QED) is 0.510. The van der Waals surface area contributed by atoms with Gasteiger partial charge in [-0.2, -0.15) is 5.10 Å². The molecular formula is C24H22BrN3O. The molecule has 5 heteroatoms. The van der Waals surface area contributed by atoms with E-state index >= 15 is 0 Å². The molecule has 0 spiro atoms. The molecular weight excluding hydrogens is 426 g/mol. The maximum Gasteiger partial charge on any atom is 0.213 e. The summed E-state index contributed by atoms with van der Waals surface area (Å²) in [7, 11) is 4.10. The first-order chi connectivity index (χ1) is 14.1. The average molecular weight is 448 g/mol. The van der Waals surface area contributed by atoms with E-state index in [-0.39, 0.29) is 12.3 Å². The molecule has 0 radical (unpaired) electrons. The zero-order valence-electron chi connectivity index (χ0n) is 16.4. The van der Waals surface area contributed by atoms with Crippen LogP contribution < -0.4 is 9.64 Å². The van der Waals surface area contributed by atoms with Crippen LogP contribution in [-0.4, -0.2) is 24.8 Å². The zero-order valence-corrected chi connectivity index (χ0v) is 18.0. The van der Waals surface area contributed by atoms with Crippen molar-refractivity contribution in [2.24, 2.45) is 5.10 Å². The minimum atomic E-state index is -0.244. The fourth-order valence-corrected chi connectivity index (χ4v) is 4.40. The van der Waals surface area contributed by atoms with Gasteiger partial charge in [-0.15, -0.1) is 0 Å². The van der Waals surface area contributed by atoms with E-state index in [0.717, 1.165) is 27.9 Å². The molecule has 29 heavy (non-hydrogen) atoms. The van der Waals surface area contributed by atoms with E-state index in [4.69, 9.17) is 9.84 Å². The summed E-state index contributed by atoms with van der Waals surface area (Å²) in [4.78, 5) is 2.10. The van der Waals surface area contributed by atoms with E-state index in [0.29, 0.717) is 0 Å². The second-order valence-electron chi connectivity index (χ2n) is 7.65. The molecule has 3 aromatic rings. The first-order valence-corrected chi connectivity index (χ1v) is 10.5. The number of fused-ring (bicyclic) bond motifs is 3. The fourth-order valence-electron chi connectivity index (χ4n) is 4.02. The largest absolute Gasteiger partial charge is 0.464 e. The van der Waals surface area contributed by atoms with Gasteiger partial charge in [-0.05, 0) is 35.9 Å². The molecule has 0 saturated heterocycles. The van der Waals surface area contributed by atoms with E-state index < -0.39 is 0 Å². The number of anilines is 1. The molecule has 2 atom stereocenters. The molecule has 0 N–H and O–H groups in total. The van der Waals surface area contributed by atoms with Crippen molar-refractivity contribution in [2.75, 3.05) is 19.0 Å². The molecule has 2 aliphatic heterocycles. The Balaban J connectivity index is 1.57. The molecule has 4 nitrogen and oxygen atoms in total. The zero-order chi connectivity index (χ0) is 20.0. The summed E-state index contributed by atoms with van der Waals surface area (Å²) in [6, 6.07) is 25.3. The van der Waals surface area contributed by atoms with E-state index in [9.17, 15) is 0 Å². The van der Waals surface area contributed by atoms with Crippen molar-refractivity contribution in [3.8, 4) is 5.75 Å². The maximum absolute atomic E-state index is 6.46. The summed E-state index contributed by atoms with van der Waals surface area (Å²) in [6.07, 6.45) is 0.620. The number of nitrogens with zero attached hydrogens (tertiary/aromatic N) is 3. The van der Waals surface area contributed by atoms with Gasteiger partial charge in [0.05, 0.1) is 11.8 Å². The summed E-state index contributed by atoms with van der Waals surface area (Å²) >= 11 is 3.61. The molecule has 2 heterocycles. The smallest absolute Gasteiger partial charge is 0.213 e. The number of hydrogen-bond acceptors (Lipinski definition) is 4. The summed E-state index contributed by atoms with van der Waals surface area (Å²) in [5, 5.41) is 7.15. The standard InChI is InChI=1S/C24H22BrN3O/c1-27(2)19-11-8-17(9-12-19)24-28-22(20-14-18(25)10-13-23(20)29-24)15-21(26-28)16-6-4-3-5-7-16/h3-14,22,24H,15H2,1-2H3/t22-,24+/m1/s1. The molecule has 0 bridgehead atoms. The van der Waals surface area contributed by atoms with E-state index in [1.54, 1.807) is 0 Å². The first-order valence-electron chi connectivity index (χ1n) is 9.75. The molecule has 0 aromatic heterocycles. The first kappa shape index (κ1) is 18.3.